The molecule has 2 rings (SSSR count). The van der Waals surface area contributed by atoms with Crippen LogP contribution in [0.5, 0.6) is 0 Å². The Kier molecular flexibility index (Phi) is 2.54. The lowest BCUT2D eigenvalue weighted by molar-refractivity contribution is 0.0914. The van der Waals surface area contributed by atoms with E-state index in [1.54, 1.807) is 29.1 Å². The van der Waals surface area contributed by atoms with Crippen molar-refractivity contribution >= 4 is 11.6 Å². The third-order valence-electron chi connectivity index (χ3n) is 2.23. The summed E-state index contributed by atoms with van der Waals surface area (Å²) in [5.74, 6) is 0.0600. The molecule has 0 aliphatic carbocycles. The molecule has 0 saturated heterocycles. The van der Waals surface area contributed by atoms with Gasteiger partial charge >= 0.3 is 0 Å². The molecule has 0 atom stereocenters. The van der Waals surface area contributed by atoms with Gasteiger partial charge in [-0.05, 0) is 29.8 Å². The summed E-state index contributed by atoms with van der Waals surface area (Å²) in [7, 11) is 0. The van der Waals surface area contributed by atoms with E-state index in [-0.39, 0.29) is 5.91 Å². The second-order valence-electron chi connectivity index (χ2n) is 3.40. The molecule has 2 N–H and O–H groups in total. The Morgan fingerprint density at radius 1 is 1.13 bits per heavy atom. The molecule has 1 aromatic heterocycles. The SMILES string of the molecule is Nc1ccc(CC(=O)n2cccc2)cc1. The number of nitrogens with two attached hydrogens (primary N) is 1. The third kappa shape index (κ3) is 2.26. The first-order chi connectivity index (χ1) is 7.25. The van der Waals surface area contributed by atoms with Gasteiger partial charge in [-0.3, -0.25) is 9.36 Å². The monoisotopic (exact) mass is 200 g/mol. The average molecular weight is 200 g/mol. The first-order valence-electron chi connectivity index (χ1n) is 4.76. The summed E-state index contributed by atoms with van der Waals surface area (Å²) in [5.41, 5.74) is 7.25. The summed E-state index contributed by atoms with van der Waals surface area (Å²) < 4.78 is 1.58. The second-order valence-corrected chi connectivity index (χ2v) is 3.40. The maximum Gasteiger partial charge on any atom is 0.234 e. The van der Waals surface area contributed by atoms with E-state index in [0.29, 0.717) is 12.1 Å². The molecule has 15 heavy (non-hydrogen) atoms. The number of benzene rings is 1. The van der Waals surface area contributed by atoms with Crippen LogP contribution in [-0.2, 0) is 6.42 Å². The van der Waals surface area contributed by atoms with Crippen molar-refractivity contribution in [3.8, 4) is 0 Å². The van der Waals surface area contributed by atoms with Crippen molar-refractivity contribution in [2.75, 3.05) is 5.73 Å². The van der Waals surface area contributed by atoms with Gasteiger partial charge in [0.05, 0.1) is 6.42 Å². The Balaban J connectivity index is 2.09. The van der Waals surface area contributed by atoms with Crippen LogP contribution in [0, 0.1) is 0 Å². The topological polar surface area (TPSA) is 48.0 Å². The number of hydrogen-bond acceptors (Lipinski definition) is 2. The molecule has 0 aliphatic heterocycles. The number of aromatic nitrogens is 1. The van der Waals surface area contributed by atoms with Gasteiger partial charge in [0.2, 0.25) is 5.91 Å². The van der Waals surface area contributed by atoms with Gasteiger partial charge in [-0.15, -0.1) is 0 Å². The zero-order valence-electron chi connectivity index (χ0n) is 8.26. The molecule has 1 aromatic carbocycles. The van der Waals surface area contributed by atoms with E-state index in [4.69, 9.17) is 5.73 Å². The molecule has 3 nitrogen and oxygen atoms in total. The van der Waals surface area contributed by atoms with Gasteiger partial charge in [0.15, 0.2) is 0 Å². The van der Waals surface area contributed by atoms with E-state index < -0.39 is 0 Å². The molecular weight excluding hydrogens is 188 g/mol. The first-order valence-corrected chi connectivity index (χ1v) is 4.76. The first kappa shape index (κ1) is 9.52. The second kappa shape index (κ2) is 4.00. The van der Waals surface area contributed by atoms with E-state index in [1.807, 2.05) is 24.3 Å². The Hall–Kier alpha value is -2.03. The fourth-order valence-electron chi connectivity index (χ4n) is 1.40. The number of hydrogen-bond donors (Lipinski definition) is 1. The van der Waals surface area contributed by atoms with Crippen molar-refractivity contribution in [1.29, 1.82) is 0 Å². The maximum absolute atomic E-state index is 11.7. The van der Waals surface area contributed by atoms with Crippen LogP contribution in [0.25, 0.3) is 0 Å². The molecule has 1 heterocycles. The highest BCUT2D eigenvalue weighted by atomic mass is 16.1. The maximum atomic E-state index is 11.7. The van der Waals surface area contributed by atoms with Crippen molar-refractivity contribution < 1.29 is 4.79 Å². The lowest BCUT2D eigenvalue weighted by atomic mass is 10.1. The van der Waals surface area contributed by atoms with Gasteiger partial charge in [0.25, 0.3) is 0 Å². The Morgan fingerprint density at radius 2 is 1.73 bits per heavy atom. The fourth-order valence-corrected chi connectivity index (χ4v) is 1.40. The predicted molar refractivity (Wildman–Crippen MR) is 59.6 cm³/mol. The quantitative estimate of drug-likeness (QED) is 0.753. The lowest BCUT2D eigenvalue weighted by Crippen LogP contribution is -2.11. The van der Waals surface area contributed by atoms with Crippen LogP contribution in [0.15, 0.2) is 48.8 Å². The predicted octanol–water partition coefficient (Wildman–Crippen LogP) is 1.95. The van der Waals surface area contributed by atoms with E-state index in [1.165, 1.54) is 0 Å². The molecule has 0 saturated carbocycles. The van der Waals surface area contributed by atoms with Gasteiger partial charge in [-0.25, -0.2) is 0 Å². The molecule has 76 valence electrons. The molecule has 3 heteroatoms. The minimum atomic E-state index is 0.0600. The van der Waals surface area contributed by atoms with Crippen molar-refractivity contribution in [1.82, 2.24) is 4.57 Å². The molecule has 0 spiro atoms. The molecule has 0 unspecified atom stereocenters. The van der Waals surface area contributed by atoms with Gasteiger partial charge in [0.1, 0.15) is 0 Å². The highest BCUT2D eigenvalue weighted by Crippen LogP contribution is 2.07. The molecule has 2 aromatic rings. The van der Waals surface area contributed by atoms with Crippen LogP contribution in [0.1, 0.15) is 10.4 Å². The van der Waals surface area contributed by atoms with Crippen molar-refractivity contribution in [2.24, 2.45) is 0 Å². The van der Waals surface area contributed by atoms with Gasteiger partial charge in [-0.2, -0.15) is 0 Å². The highest BCUT2D eigenvalue weighted by molar-refractivity contribution is 5.81. The highest BCUT2D eigenvalue weighted by Gasteiger charge is 2.04. The summed E-state index contributed by atoms with van der Waals surface area (Å²) in [6.07, 6.45) is 3.90. The number of rotatable bonds is 2. The molecular formula is C12H12N2O. The van der Waals surface area contributed by atoms with Crippen LogP contribution >= 0.6 is 0 Å². The summed E-state index contributed by atoms with van der Waals surface area (Å²) in [4.78, 5) is 11.7. The molecule has 0 fully saturated rings. The fraction of sp³-hybridized carbons (Fsp3) is 0.0833. The van der Waals surface area contributed by atoms with Crippen LogP contribution in [0.3, 0.4) is 0 Å². The largest absolute Gasteiger partial charge is 0.399 e. The van der Waals surface area contributed by atoms with E-state index in [2.05, 4.69) is 0 Å². The zero-order chi connectivity index (χ0) is 10.7. The molecule has 0 aliphatic rings. The van der Waals surface area contributed by atoms with E-state index >= 15 is 0 Å². The standard InChI is InChI=1S/C12H12N2O/c13-11-5-3-10(4-6-11)9-12(15)14-7-1-2-8-14/h1-8H,9,13H2. The summed E-state index contributed by atoms with van der Waals surface area (Å²) in [5, 5.41) is 0. The summed E-state index contributed by atoms with van der Waals surface area (Å²) in [6.45, 7) is 0. The number of nitrogens with zero attached hydrogens (tertiary/aromatic N) is 1. The van der Waals surface area contributed by atoms with Gasteiger partial charge in [0, 0.05) is 18.1 Å². The Morgan fingerprint density at radius 3 is 2.33 bits per heavy atom. The van der Waals surface area contributed by atoms with Crippen LogP contribution in [-0.4, -0.2) is 10.5 Å². The Bertz CT molecular complexity index is 443. The summed E-state index contributed by atoms with van der Waals surface area (Å²) in [6, 6.07) is 11.0. The van der Waals surface area contributed by atoms with E-state index in [9.17, 15) is 4.79 Å². The number of carbonyl (C=O) groups excluding carboxylic acids is 1. The number of anilines is 1. The minimum Gasteiger partial charge on any atom is -0.399 e. The zero-order valence-corrected chi connectivity index (χ0v) is 8.26. The van der Waals surface area contributed by atoms with Crippen molar-refractivity contribution in [2.45, 2.75) is 6.42 Å². The van der Waals surface area contributed by atoms with E-state index in [0.717, 1.165) is 5.56 Å². The van der Waals surface area contributed by atoms with Gasteiger partial charge in [-0.1, -0.05) is 12.1 Å². The summed E-state index contributed by atoms with van der Waals surface area (Å²) >= 11 is 0. The average Bonchev–Trinajstić information content (AvgIpc) is 2.74. The number of carbonyl (C=O) groups is 1. The molecule has 0 radical (unpaired) electrons. The Labute approximate surface area is 88.1 Å². The molecule has 0 amide bonds. The molecule has 0 bridgehead atoms. The number of nitrogen functional groups attached to an aromatic ring is 1. The van der Waals surface area contributed by atoms with Crippen molar-refractivity contribution in [3.63, 3.8) is 0 Å². The van der Waals surface area contributed by atoms with Crippen LogP contribution in [0.4, 0.5) is 5.69 Å². The minimum absolute atomic E-state index is 0.0600. The third-order valence-corrected chi connectivity index (χ3v) is 2.23. The van der Waals surface area contributed by atoms with Crippen LogP contribution in [0.2, 0.25) is 0 Å². The van der Waals surface area contributed by atoms with Crippen molar-refractivity contribution in [3.05, 3.63) is 54.4 Å². The van der Waals surface area contributed by atoms with Gasteiger partial charge < -0.3 is 5.73 Å². The smallest absolute Gasteiger partial charge is 0.234 e. The lowest BCUT2D eigenvalue weighted by Gasteiger charge is -2.02. The van der Waals surface area contributed by atoms with Crippen LogP contribution < -0.4 is 5.73 Å². The normalized spacial score (nSPS) is 10.1.